The summed E-state index contributed by atoms with van der Waals surface area (Å²) in [5.41, 5.74) is -0.00946. The van der Waals surface area contributed by atoms with Crippen LogP contribution in [0, 0.1) is 11.1 Å². The molecule has 1 N–H and O–H groups in total. The van der Waals surface area contributed by atoms with E-state index in [1.165, 1.54) is 29.5 Å². The number of aliphatic imine (C=N–C) groups is 1. The molecule has 12 heteroatoms. The lowest BCUT2D eigenvalue weighted by molar-refractivity contribution is -0.646. The predicted molar refractivity (Wildman–Crippen MR) is 138 cm³/mol. The second-order valence-corrected chi connectivity index (χ2v) is 12.2. The first-order valence-corrected chi connectivity index (χ1v) is 14.7. The smallest absolute Gasteiger partial charge is 0.323 e. The lowest BCUT2D eigenvalue weighted by atomic mass is 9.84. The van der Waals surface area contributed by atoms with Gasteiger partial charge in [-0.3, -0.25) is 14.4 Å². The molecule has 2 aliphatic rings. The number of ketones is 1. The molecule has 3 heterocycles. The van der Waals surface area contributed by atoms with Gasteiger partial charge in [0.05, 0.1) is 17.1 Å². The fourth-order valence-electron chi connectivity index (χ4n) is 4.79. The number of Topliss-reactive ketones (excluding diaryl/α,β-unsaturated/α-hetero) is 1. The summed E-state index contributed by atoms with van der Waals surface area (Å²) in [5.74, 6) is -1.27. The first-order valence-electron chi connectivity index (χ1n) is 12.4. The van der Waals surface area contributed by atoms with Crippen molar-refractivity contribution in [3.63, 3.8) is 0 Å². The lowest BCUT2D eigenvalue weighted by Gasteiger charge is -2.25. The van der Waals surface area contributed by atoms with Gasteiger partial charge in [-0.1, -0.05) is 38.2 Å². The zero-order chi connectivity index (χ0) is 26.4. The lowest BCUT2D eigenvalue weighted by Crippen LogP contribution is -2.43. The molecule has 10 nitrogen and oxygen atoms in total. The summed E-state index contributed by atoms with van der Waals surface area (Å²) in [5, 5.41) is 16.1. The minimum Gasteiger partial charge on any atom is -0.618 e. The zero-order valence-corrected chi connectivity index (χ0v) is 22.0. The Morgan fingerprint density at radius 1 is 1.16 bits per heavy atom. The van der Waals surface area contributed by atoms with Gasteiger partial charge >= 0.3 is 15.0 Å². The molecule has 0 unspecified atom stereocenters. The third-order valence-electron chi connectivity index (χ3n) is 6.74. The quantitative estimate of drug-likeness (QED) is 0.418. The molecule has 1 atom stereocenters. The summed E-state index contributed by atoms with van der Waals surface area (Å²) >= 11 is 1.27. The Kier molecular flexibility index (Phi) is 8.83. The summed E-state index contributed by atoms with van der Waals surface area (Å²) in [7, 11) is -4.21. The van der Waals surface area contributed by atoms with Crippen molar-refractivity contribution in [3.05, 3.63) is 52.0 Å². The van der Waals surface area contributed by atoms with Gasteiger partial charge in [-0.2, -0.15) is 9.04 Å². The number of hydrogen-bond donors (Lipinski definition) is 1. The highest BCUT2D eigenvalue weighted by atomic mass is 32.2. The standard InChI is InChI=1S/C25H30N4O6S2/c30-21-17-28(37(34,35)23-12-4-5-14-29(23)33)13-6-10-19(21)26-24(31)20(16-18-8-2-1-3-9-18)27-25(32)22-11-7-15-36-22/h4-5,7,11-12,14-15,18,20H,1-3,6,8-10,13,16-17H2,(H,27,32)/t20-/m0/s1. The van der Waals surface area contributed by atoms with Crippen LogP contribution in [0.5, 0.6) is 0 Å². The van der Waals surface area contributed by atoms with Gasteiger partial charge in [0.25, 0.3) is 11.8 Å². The number of nitrogens with one attached hydrogen (secondary N) is 1. The molecular weight excluding hydrogens is 516 g/mol. The number of sulfonamides is 1. The Morgan fingerprint density at radius 2 is 1.95 bits per heavy atom. The van der Waals surface area contributed by atoms with E-state index in [-0.39, 0.29) is 41.7 Å². The molecule has 0 spiro atoms. The average Bonchev–Trinajstić information content (AvgIpc) is 3.36. The van der Waals surface area contributed by atoms with Crippen LogP contribution in [0.1, 0.15) is 61.0 Å². The topological polar surface area (TPSA) is 140 Å². The van der Waals surface area contributed by atoms with Crippen molar-refractivity contribution in [2.75, 3.05) is 13.1 Å². The van der Waals surface area contributed by atoms with Gasteiger partial charge in [0, 0.05) is 18.7 Å². The van der Waals surface area contributed by atoms with E-state index in [0.717, 1.165) is 42.6 Å². The maximum Gasteiger partial charge on any atom is 0.323 e. The maximum atomic E-state index is 13.3. The minimum atomic E-state index is -4.21. The number of aromatic nitrogens is 1. The van der Waals surface area contributed by atoms with E-state index >= 15 is 0 Å². The predicted octanol–water partition coefficient (Wildman–Crippen LogP) is 2.47. The fraction of sp³-hybridized carbons (Fsp3) is 0.480. The summed E-state index contributed by atoms with van der Waals surface area (Å²) in [6.07, 6.45) is 7.16. The summed E-state index contributed by atoms with van der Waals surface area (Å²) in [4.78, 5) is 43.6. The molecule has 198 valence electrons. The number of carbonyl (C=O) groups is 3. The molecule has 2 aromatic rings. The highest BCUT2D eigenvalue weighted by Gasteiger charge is 2.36. The highest BCUT2D eigenvalue weighted by Crippen LogP contribution is 2.28. The van der Waals surface area contributed by atoms with Gasteiger partial charge in [0.15, 0.2) is 12.0 Å². The number of pyridine rings is 1. The molecule has 0 radical (unpaired) electrons. The Bertz CT molecular complexity index is 1270. The van der Waals surface area contributed by atoms with Gasteiger partial charge in [0.1, 0.15) is 6.04 Å². The van der Waals surface area contributed by atoms with Crippen LogP contribution in [0.2, 0.25) is 0 Å². The van der Waals surface area contributed by atoms with Gasteiger partial charge in [-0.05, 0) is 42.7 Å². The first-order chi connectivity index (χ1) is 17.8. The van der Waals surface area contributed by atoms with Crippen molar-refractivity contribution in [1.82, 2.24) is 9.62 Å². The monoisotopic (exact) mass is 546 g/mol. The molecule has 1 aliphatic carbocycles. The van der Waals surface area contributed by atoms with Crippen LogP contribution >= 0.6 is 11.3 Å². The summed E-state index contributed by atoms with van der Waals surface area (Å²) < 4.78 is 27.2. The SMILES string of the molecule is O=C1CN(S(=O)(=O)c2cccc[n+]2[O-])CCCC1=NC(=O)[C@H](CC1CCCCC1)NC(=O)c1cccs1. The van der Waals surface area contributed by atoms with E-state index in [1.807, 2.05) is 0 Å². The number of carbonyl (C=O) groups excluding carboxylic acids is 3. The second-order valence-electron chi connectivity index (χ2n) is 9.37. The number of nitrogens with zero attached hydrogens (tertiary/aromatic N) is 3. The normalized spacial score (nSPS) is 19.9. The molecule has 2 fully saturated rings. The number of hydrogen-bond acceptors (Lipinski definition) is 7. The van der Waals surface area contributed by atoms with E-state index in [4.69, 9.17) is 0 Å². The molecule has 4 rings (SSSR count). The Hall–Kier alpha value is -2.96. The first kappa shape index (κ1) is 27.1. The fourth-order valence-corrected chi connectivity index (χ4v) is 6.87. The molecule has 1 saturated heterocycles. The van der Waals surface area contributed by atoms with Crippen LogP contribution in [0.25, 0.3) is 0 Å². The molecule has 0 bridgehead atoms. The highest BCUT2D eigenvalue weighted by molar-refractivity contribution is 7.89. The average molecular weight is 547 g/mol. The van der Waals surface area contributed by atoms with E-state index < -0.39 is 39.3 Å². The van der Waals surface area contributed by atoms with E-state index in [0.29, 0.717) is 11.3 Å². The van der Waals surface area contributed by atoms with E-state index in [2.05, 4.69) is 10.3 Å². The Morgan fingerprint density at radius 3 is 2.65 bits per heavy atom. The van der Waals surface area contributed by atoms with Crippen molar-refractivity contribution in [3.8, 4) is 0 Å². The van der Waals surface area contributed by atoms with Gasteiger partial charge in [-0.25, -0.2) is 13.4 Å². The zero-order valence-electron chi connectivity index (χ0n) is 20.4. The van der Waals surface area contributed by atoms with E-state index in [9.17, 15) is 28.0 Å². The third-order valence-corrected chi connectivity index (χ3v) is 9.45. The van der Waals surface area contributed by atoms with E-state index in [1.54, 1.807) is 17.5 Å². The van der Waals surface area contributed by atoms with Gasteiger partial charge < -0.3 is 10.5 Å². The Labute approximate surface area is 220 Å². The molecule has 1 aliphatic heterocycles. The maximum absolute atomic E-state index is 13.3. The number of amides is 2. The molecule has 1 saturated carbocycles. The second kappa shape index (κ2) is 12.1. The molecule has 0 aromatic carbocycles. The van der Waals surface area contributed by atoms with Crippen LogP contribution in [0.4, 0.5) is 0 Å². The van der Waals surface area contributed by atoms with Crippen LogP contribution in [0.15, 0.2) is 51.9 Å². The van der Waals surface area contributed by atoms with Crippen molar-refractivity contribution in [2.24, 2.45) is 10.9 Å². The summed E-state index contributed by atoms with van der Waals surface area (Å²) in [6.45, 7) is -0.505. The van der Waals surface area contributed by atoms with Crippen molar-refractivity contribution < 1.29 is 27.5 Å². The van der Waals surface area contributed by atoms with Crippen LogP contribution < -0.4 is 10.0 Å². The minimum absolute atomic E-state index is 0.00946. The van der Waals surface area contributed by atoms with Crippen LogP contribution in [0.3, 0.4) is 0 Å². The Balaban J connectivity index is 1.51. The molecular formula is C25H30N4O6S2. The molecule has 2 aromatic heterocycles. The van der Waals surface area contributed by atoms with Gasteiger partial charge in [-0.15, -0.1) is 11.3 Å². The van der Waals surface area contributed by atoms with Crippen LogP contribution in [-0.2, 0) is 19.6 Å². The van der Waals surface area contributed by atoms with Crippen molar-refractivity contribution >= 4 is 44.7 Å². The molecule has 2 amide bonds. The van der Waals surface area contributed by atoms with Crippen LogP contribution in [-0.4, -0.2) is 55.2 Å². The molecule has 37 heavy (non-hydrogen) atoms. The number of rotatable bonds is 7. The van der Waals surface area contributed by atoms with Gasteiger partial charge in [0.2, 0.25) is 0 Å². The number of thiophene rings is 1. The third kappa shape index (κ3) is 6.68. The largest absolute Gasteiger partial charge is 0.618 e. The van der Waals surface area contributed by atoms with Crippen molar-refractivity contribution in [1.29, 1.82) is 0 Å². The summed E-state index contributed by atoms with van der Waals surface area (Å²) in [6, 6.07) is 6.59. The van der Waals surface area contributed by atoms with Crippen molar-refractivity contribution in [2.45, 2.75) is 62.4 Å².